The maximum absolute atomic E-state index is 12.8. The summed E-state index contributed by atoms with van der Waals surface area (Å²) in [5, 5.41) is 20.6. The van der Waals surface area contributed by atoms with Crippen LogP contribution in [0.2, 0.25) is 0 Å². The Hall–Kier alpha value is -4.21. The molecule has 0 saturated carbocycles. The number of piperidine rings is 1. The number of nitrogens with one attached hydrogen (secondary N) is 2. The quantitative estimate of drug-likeness (QED) is 0.397. The number of phenolic OH excluding ortho intramolecular Hbond substituents is 1. The van der Waals surface area contributed by atoms with Crippen LogP contribution >= 0.6 is 0 Å². The molecule has 1 amide bonds. The molecule has 3 aromatic heterocycles. The van der Waals surface area contributed by atoms with Gasteiger partial charge in [0.15, 0.2) is 5.82 Å². The minimum atomic E-state index is -0.191. The fraction of sp³-hybridized carbons (Fsp3) is 0.292. The molecule has 1 fully saturated rings. The number of amides is 1. The summed E-state index contributed by atoms with van der Waals surface area (Å²) in [5.74, 6) is 2.26. The van der Waals surface area contributed by atoms with Crippen molar-refractivity contribution in [2.75, 3.05) is 28.6 Å². The minimum Gasteiger partial charge on any atom is -0.508 e. The molecule has 0 spiro atoms. The molecule has 3 N–H and O–H groups in total. The largest absolute Gasteiger partial charge is 0.508 e. The van der Waals surface area contributed by atoms with Crippen LogP contribution in [-0.4, -0.2) is 44.2 Å². The lowest BCUT2D eigenvalue weighted by molar-refractivity contribution is -0.120. The van der Waals surface area contributed by atoms with Crippen molar-refractivity contribution in [3.8, 4) is 5.75 Å². The molecular weight excluding hydrogens is 434 g/mol. The molecule has 10 nitrogen and oxygen atoms in total. The second-order valence-corrected chi connectivity index (χ2v) is 8.34. The average Bonchev–Trinajstić information content (AvgIpc) is 3.27. The Bertz CT molecular complexity index is 1320. The van der Waals surface area contributed by atoms with Gasteiger partial charge in [0, 0.05) is 43.7 Å². The number of aromatic nitrogens is 4. The van der Waals surface area contributed by atoms with Crippen molar-refractivity contribution in [2.24, 2.45) is 5.92 Å². The minimum absolute atomic E-state index is 0.0786. The average molecular weight is 460 g/mol. The lowest BCUT2D eigenvalue weighted by Gasteiger charge is -2.33. The van der Waals surface area contributed by atoms with Gasteiger partial charge in [-0.25, -0.2) is 15.0 Å². The predicted molar refractivity (Wildman–Crippen MR) is 128 cm³/mol. The number of anilines is 3. The molecule has 5 rings (SSSR count). The fourth-order valence-corrected chi connectivity index (χ4v) is 4.15. The van der Waals surface area contributed by atoms with Crippen LogP contribution in [0.3, 0.4) is 0 Å². The summed E-state index contributed by atoms with van der Waals surface area (Å²) in [7, 11) is 0. The van der Waals surface area contributed by atoms with Crippen molar-refractivity contribution in [1.29, 1.82) is 0 Å². The highest BCUT2D eigenvalue weighted by Crippen LogP contribution is 2.28. The van der Waals surface area contributed by atoms with Gasteiger partial charge >= 0.3 is 0 Å². The van der Waals surface area contributed by atoms with E-state index < -0.39 is 0 Å². The number of carbonyl (C=O) groups excluding carboxylic acids is 1. The monoisotopic (exact) mass is 459 g/mol. The molecule has 1 aliphatic rings. The normalized spacial score (nSPS) is 15.9. The third-order valence-corrected chi connectivity index (χ3v) is 5.89. The number of benzene rings is 1. The van der Waals surface area contributed by atoms with Gasteiger partial charge in [-0.2, -0.15) is 0 Å². The predicted octanol–water partition coefficient (Wildman–Crippen LogP) is 3.49. The Morgan fingerprint density at radius 3 is 2.97 bits per heavy atom. The van der Waals surface area contributed by atoms with E-state index in [-0.39, 0.29) is 17.6 Å². The van der Waals surface area contributed by atoms with E-state index in [9.17, 15) is 9.90 Å². The molecule has 0 radical (unpaired) electrons. The lowest BCUT2D eigenvalue weighted by atomic mass is 9.97. The number of hydrogen-bond donors (Lipinski definition) is 3. The summed E-state index contributed by atoms with van der Waals surface area (Å²) < 4.78 is 5.03. The van der Waals surface area contributed by atoms with Crippen molar-refractivity contribution >= 4 is 34.4 Å². The van der Waals surface area contributed by atoms with Crippen molar-refractivity contribution < 1.29 is 14.4 Å². The Labute approximate surface area is 196 Å². The zero-order chi connectivity index (χ0) is 23.5. The highest BCUT2D eigenvalue weighted by molar-refractivity contribution is 5.93. The van der Waals surface area contributed by atoms with Crippen molar-refractivity contribution in [2.45, 2.75) is 26.3 Å². The fourth-order valence-electron chi connectivity index (χ4n) is 4.15. The molecule has 10 heteroatoms. The first-order valence-electron chi connectivity index (χ1n) is 11.2. The summed E-state index contributed by atoms with van der Waals surface area (Å²) in [6.07, 6.45) is 5.13. The Morgan fingerprint density at radius 2 is 2.15 bits per heavy atom. The van der Waals surface area contributed by atoms with Gasteiger partial charge in [0.2, 0.25) is 11.9 Å². The van der Waals surface area contributed by atoms with Crippen LogP contribution in [0.4, 0.5) is 17.6 Å². The van der Waals surface area contributed by atoms with E-state index in [2.05, 4.69) is 35.6 Å². The van der Waals surface area contributed by atoms with Gasteiger partial charge in [-0.3, -0.25) is 4.79 Å². The molecule has 4 heterocycles. The van der Waals surface area contributed by atoms with E-state index in [1.54, 1.807) is 37.5 Å². The van der Waals surface area contributed by atoms with E-state index in [1.165, 1.54) is 0 Å². The molecule has 1 aromatic carbocycles. The number of rotatable bonds is 6. The number of fused-ring (bicyclic) bond motifs is 1. The zero-order valence-corrected chi connectivity index (χ0v) is 18.7. The number of carbonyl (C=O) groups is 1. The molecule has 1 saturated heterocycles. The van der Waals surface area contributed by atoms with Crippen LogP contribution in [0.5, 0.6) is 5.75 Å². The van der Waals surface area contributed by atoms with Gasteiger partial charge in [0.1, 0.15) is 17.3 Å². The molecule has 0 aliphatic carbocycles. The van der Waals surface area contributed by atoms with E-state index in [0.29, 0.717) is 30.6 Å². The summed E-state index contributed by atoms with van der Waals surface area (Å²) in [6.45, 7) is 3.53. The summed E-state index contributed by atoms with van der Waals surface area (Å²) in [5.41, 5.74) is 1.52. The second kappa shape index (κ2) is 9.34. The van der Waals surface area contributed by atoms with Gasteiger partial charge in [-0.1, -0.05) is 23.4 Å². The molecular formula is C24H25N7O3. The molecule has 34 heavy (non-hydrogen) atoms. The first kappa shape index (κ1) is 21.6. The van der Waals surface area contributed by atoms with E-state index >= 15 is 0 Å². The lowest BCUT2D eigenvalue weighted by Crippen LogP contribution is -2.41. The number of phenols is 1. The van der Waals surface area contributed by atoms with E-state index in [1.807, 2.05) is 18.2 Å². The second-order valence-electron chi connectivity index (χ2n) is 8.34. The van der Waals surface area contributed by atoms with Crippen molar-refractivity contribution in [1.82, 2.24) is 20.1 Å². The number of para-hydroxylation sites is 1. The van der Waals surface area contributed by atoms with Crippen LogP contribution in [0.15, 0.2) is 53.3 Å². The molecule has 4 aromatic rings. The maximum atomic E-state index is 12.8. The van der Waals surface area contributed by atoms with Gasteiger partial charge in [0.05, 0.1) is 16.8 Å². The number of aromatic hydroxyl groups is 1. The SMILES string of the molecule is Cc1cc(NC(=O)C2CCCN(c3nccc4nc(NCc5ccccc5O)ncc34)C2)no1. The van der Waals surface area contributed by atoms with Crippen LogP contribution in [0.25, 0.3) is 10.9 Å². The van der Waals surface area contributed by atoms with Crippen LogP contribution < -0.4 is 15.5 Å². The van der Waals surface area contributed by atoms with Crippen LogP contribution in [0, 0.1) is 12.8 Å². The van der Waals surface area contributed by atoms with Gasteiger partial charge in [-0.15, -0.1) is 0 Å². The van der Waals surface area contributed by atoms with Crippen LogP contribution in [0.1, 0.15) is 24.2 Å². The maximum Gasteiger partial charge on any atom is 0.230 e. The number of hydrogen-bond acceptors (Lipinski definition) is 9. The number of aryl methyl sites for hydroxylation is 1. The molecule has 174 valence electrons. The van der Waals surface area contributed by atoms with E-state index in [4.69, 9.17) is 4.52 Å². The van der Waals surface area contributed by atoms with Gasteiger partial charge in [0.25, 0.3) is 0 Å². The molecule has 1 unspecified atom stereocenters. The number of nitrogens with zero attached hydrogens (tertiary/aromatic N) is 5. The Morgan fingerprint density at radius 1 is 1.26 bits per heavy atom. The van der Waals surface area contributed by atoms with E-state index in [0.717, 1.165) is 41.7 Å². The Balaban J connectivity index is 1.31. The summed E-state index contributed by atoms with van der Waals surface area (Å²) in [6, 6.07) is 10.7. The number of pyridine rings is 1. The third-order valence-electron chi connectivity index (χ3n) is 5.89. The topological polar surface area (TPSA) is 129 Å². The smallest absolute Gasteiger partial charge is 0.230 e. The third kappa shape index (κ3) is 4.61. The molecule has 1 aliphatic heterocycles. The molecule has 0 bridgehead atoms. The zero-order valence-electron chi connectivity index (χ0n) is 18.7. The highest BCUT2D eigenvalue weighted by atomic mass is 16.5. The van der Waals surface area contributed by atoms with Gasteiger partial charge < -0.3 is 25.2 Å². The molecule has 1 atom stereocenters. The van der Waals surface area contributed by atoms with Crippen molar-refractivity contribution in [3.63, 3.8) is 0 Å². The first-order valence-corrected chi connectivity index (χ1v) is 11.2. The van der Waals surface area contributed by atoms with Crippen molar-refractivity contribution in [3.05, 3.63) is 60.1 Å². The summed E-state index contributed by atoms with van der Waals surface area (Å²) in [4.78, 5) is 28.5. The summed E-state index contributed by atoms with van der Waals surface area (Å²) >= 11 is 0. The highest BCUT2D eigenvalue weighted by Gasteiger charge is 2.28. The Kier molecular flexibility index (Phi) is 5.94. The van der Waals surface area contributed by atoms with Gasteiger partial charge in [-0.05, 0) is 31.9 Å². The first-order chi connectivity index (χ1) is 16.6. The standard InChI is InChI=1S/C24H25N7O3/c1-15-11-21(30-34-15)29-23(33)17-6-4-10-31(14-17)22-18-13-27-24(28-19(18)8-9-25-22)26-12-16-5-2-3-7-20(16)32/h2-3,5,7-9,11,13,17,32H,4,6,10,12,14H2,1H3,(H,26,27,28)(H,29,30,33). The van der Waals surface area contributed by atoms with Crippen LogP contribution in [-0.2, 0) is 11.3 Å².